The van der Waals surface area contributed by atoms with Gasteiger partial charge in [-0.05, 0) is 49.6 Å². The summed E-state index contributed by atoms with van der Waals surface area (Å²) in [5, 5.41) is 3.56. The molecule has 1 unspecified atom stereocenters. The number of methoxy groups -OCH3 is 1. The van der Waals surface area contributed by atoms with Crippen LogP contribution in [0.5, 0.6) is 5.75 Å². The van der Waals surface area contributed by atoms with E-state index in [-0.39, 0.29) is 12.4 Å². The molecule has 0 spiro atoms. The third-order valence-electron chi connectivity index (χ3n) is 3.53. The number of hydrogen-bond acceptors (Lipinski definition) is 2. The van der Waals surface area contributed by atoms with Crippen LogP contribution in [0.3, 0.4) is 0 Å². The van der Waals surface area contributed by atoms with E-state index in [1.54, 1.807) is 7.11 Å². The number of hydrogen-bond donors (Lipinski definition) is 1. The van der Waals surface area contributed by atoms with Gasteiger partial charge in [-0.2, -0.15) is 0 Å². The number of aryl methyl sites for hydroxylation is 1. The molecule has 114 valence electrons. The fraction of sp³-hybridized carbons (Fsp3) is 0.333. The lowest BCUT2D eigenvalue weighted by Crippen LogP contribution is -2.20. The van der Waals surface area contributed by atoms with E-state index >= 15 is 0 Å². The van der Waals surface area contributed by atoms with Gasteiger partial charge in [0.15, 0.2) is 0 Å². The number of ether oxygens (including phenoxy) is 1. The van der Waals surface area contributed by atoms with E-state index in [0.29, 0.717) is 6.04 Å². The molecule has 0 aliphatic heterocycles. The van der Waals surface area contributed by atoms with Gasteiger partial charge in [0.2, 0.25) is 0 Å². The van der Waals surface area contributed by atoms with Gasteiger partial charge in [0.25, 0.3) is 0 Å². The molecule has 1 N–H and O–H groups in total. The number of halogens is 1. The van der Waals surface area contributed by atoms with E-state index < -0.39 is 0 Å². The molecule has 1 atom stereocenters. The summed E-state index contributed by atoms with van der Waals surface area (Å²) in [5.74, 6) is 0.917. The lowest BCUT2D eigenvalue weighted by molar-refractivity contribution is 0.413. The van der Waals surface area contributed by atoms with Crippen molar-refractivity contribution in [3.8, 4) is 5.75 Å². The van der Waals surface area contributed by atoms with Crippen LogP contribution in [0, 0.1) is 0 Å². The molecule has 0 aromatic heterocycles. The molecule has 21 heavy (non-hydrogen) atoms. The Morgan fingerprint density at radius 1 is 1.05 bits per heavy atom. The molecule has 0 saturated heterocycles. The van der Waals surface area contributed by atoms with Gasteiger partial charge in [-0.25, -0.2) is 0 Å². The third-order valence-corrected chi connectivity index (χ3v) is 3.53. The van der Waals surface area contributed by atoms with Crippen LogP contribution < -0.4 is 10.1 Å². The molecule has 0 saturated carbocycles. The topological polar surface area (TPSA) is 21.3 Å². The molecule has 2 aromatic rings. The zero-order valence-electron chi connectivity index (χ0n) is 12.7. The van der Waals surface area contributed by atoms with Crippen LogP contribution >= 0.6 is 12.4 Å². The maximum Gasteiger partial charge on any atom is 0.119 e. The highest BCUT2D eigenvalue weighted by Crippen LogP contribution is 2.18. The smallest absolute Gasteiger partial charge is 0.119 e. The molecular weight excluding hydrogens is 282 g/mol. The first-order valence-corrected chi connectivity index (χ1v) is 7.21. The number of rotatable bonds is 7. The van der Waals surface area contributed by atoms with Crippen LogP contribution in [0.25, 0.3) is 0 Å². The number of nitrogens with one attached hydrogen (secondary N) is 1. The van der Waals surface area contributed by atoms with Crippen molar-refractivity contribution in [2.45, 2.75) is 25.8 Å². The van der Waals surface area contributed by atoms with Crippen LogP contribution in [-0.4, -0.2) is 13.7 Å². The first-order valence-electron chi connectivity index (χ1n) is 7.21. The summed E-state index contributed by atoms with van der Waals surface area (Å²) in [5.41, 5.74) is 2.67. The average molecular weight is 306 g/mol. The van der Waals surface area contributed by atoms with Gasteiger partial charge in [-0.15, -0.1) is 12.4 Å². The van der Waals surface area contributed by atoms with Gasteiger partial charge < -0.3 is 10.1 Å². The molecular formula is C18H24ClNO. The maximum atomic E-state index is 5.26. The SMILES string of the molecule is COc1cccc(C(C)NCCCc2ccccc2)c1.Cl. The Kier molecular flexibility index (Phi) is 7.88. The summed E-state index contributed by atoms with van der Waals surface area (Å²) in [6.45, 7) is 3.21. The maximum absolute atomic E-state index is 5.26. The van der Waals surface area contributed by atoms with Crippen molar-refractivity contribution in [3.63, 3.8) is 0 Å². The Morgan fingerprint density at radius 2 is 1.81 bits per heavy atom. The first-order chi connectivity index (χ1) is 9.79. The largest absolute Gasteiger partial charge is 0.497 e. The van der Waals surface area contributed by atoms with Crippen molar-refractivity contribution in [2.75, 3.05) is 13.7 Å². The Balaban J connectivity index is 0.00000220. The van der Waals surface area contributed by atoms with E-state index in [9.17, 15) is 0 Å². The summed E-state index contributed by atoms with van der Waals surface area (Å²) in [7, 11) is 1.71. The van der Waals surface area contributed by atoms with E-state index in [2.05, 4.69) is 54.7 Å². The second kappa shape index (κ2) is 9.43. The van der Waals surface area contributed by atoms with E-state index in [4.69, 9.17) is 4.74 Å². The molecule has 0 radical (unpaired) electrons. The molecule has 0 aliphatic rings. The lowest BCUT2D eigenvalue weighted by Gasteiger charge is -2.15. The molecule has 0 heterocycles. The lowest BCUT2D eigenvalue weighted by atomic mass is 10.1. The Hall–Kier alpha value is -1.51. The number of benzene rings is 2. The van der Waals surface area contributed by atoms with E-state index in [1.807, 2.05) is 12.1 Å². The van der Waals surface area contributed by atoms with Crippen LogP contribution in [-0.2, 0) is 6.42 Å². The molecule has 0 bridgehead atoms. The van der Waals surface area contributed by atoms with Crippen molar-refractivity contribution in [3.05, 3.63) is 65.7 Å². The van der Waals surface area contributed by atoms with Gasteiger partial charge in [0.05, 0.1) is 7.11 Å². The Bertz CT molecular complexity index is 516. The molecule has 2 nitrogen and oxygen atoms in total. The zero-order valence-corrected chi connectivity index (χ0v) is 13.5. The van der Waals surface area contributed by atoms with Crippen molar-refractivity contribution in [1.82, 2.24) is 5.32 Å². The summed E-state index contributed by atoms with van der Waals surface area (Å²) < 4.78 is 5.26. The summed E-state index contributed by atoms with van der Waals surface area (Å²) in [6, 6.07) is 19.2. The van der Waals surface area contributed by atoms with Crippen molar-refractivity contribution >= 4 is 12.4 Å². The predicted molar refractivity (Wildman–Crippen MR) is 91.4 cm³/mol. The van der Waals surface area contributed by atoms with Crippen molar-refractivity contribution in [1.29, 1.82) is 0 Å². The zero-order chi connectivity index (χ0) is 14.2. The van der Waals surface area contributed by atoms with Gasteiger partial charge in [0, 0.05) is 6.04 Å². The van der Waals surface area contributed by atoms with Crippen LogP contribution in [0.2, 0.25) is 0 Å². The minimum atomic E-state index is 0. The highest BCUT2D eigenvalue weighted by Gasteiger charge is 2.05. The minimum absolute atomic E-state index is 0. The highest BCUT2D eigenvalue weighted by molar-refractivity contribution is 5.85. The molecule has 0 aliphatic carbocycles. The Morgan fingerprint density at radius 3 is 2.52 bits per heavy atom. The monoisotopic (exact) mass is 305 g/mol. The van der Waals surface area contributed by atoms with Crippen LogP contribution in [0.4, 0.5) is 0 Å². The van der Waals surface area contributed by atoms with Gasteiger partial charge in [-0.3, -0.25) is 0 Å². The normalized spacial score (nSPS) is 11.5. The standard InChI is InChI=1S/C18H23NO.ClH/c1-15(17-11-6-12-18(14-17)20-2)19-13-7-10-16-8-4-3-5-9-16;/h3-6,8-9,11-12,14-15,19H,7,10,13H2,1-2H3;1H. The quantitative estimate of drug-likeness (QED) is 0.766. The second-order valence-corrected chi connectivity index (χ2v) is 5.04. The van der Waals surface area contributed by atoms with Crippen molar-refractivity contribution < 1.29 is 4.74 Å². The average Bonchev–Trinajstić information content (AvgIpc) is 2.52. The highest BCUT2D eigenvalue weighted by atomic mass is 35.5. The van der Waals surface area contributed by atoms with E-state index in [1.165, 1.54) is 11.1 Å². The summed E-state index contributed by atoms with van der Waals surface area (Å²) in [4.78, 5) is 0. The molecule has 0 fully saturated rings. The van der Waals surface area contributed by atoms with Gasteiger partial charge in [0.1, 0.15) is 5.75 Å². The Labute approximate surface area is 133 Å². The fourth-order valence-corrected chi connectivity index (χ4v) is 2.28. The van der Waals surface area contributed by atoms with Crippen LogP contribution in [0.1, 0.15) is 30.5 Å². The van der Waals surface area contributed by atoms with Gasteiger partial charge >= 0.3 is 0 Å². The van der Waals surface area contributed by atoms with Crippen LogP contribution in [0.15, 0.2) is 54.6 Å². The molecule has 2 rings (SSSR count). The second-order valence-electron chi connectivity index (χ2n) is 5.04. The van der Waals surface area contributed by atoms with Crippen molar-refractivity contribution in [2.24, 2.45) is 0 Å². The molecule has 3 heteroatoms. The predicted octanol–water partition coefficient (Wildman–Crippen LogP) is 4.40. The summed E-state index contributed by atoms with van der Waals surface area (Å²) >= 11 is 0. The molecule has 2 aromatic carbocycles. The first kappa shape index (κ1) is 17.5. The minimum Gasteiger partial charge on any atom is -0.497 e. The summed E-state index contributed by atoms with van der Waals surface area (Å²) in [6.07, 6.45) is 2.27. The fourth-order valence-electron chi connectivity index (χ4n) is 2.28. The van der Waals surface area contributed by atoms with Gasteiger partial charge in [-0.1, -0.05) is 42.5 Å². The van der Waals surface area contributed by atoms with E-state index in [0.717, 1.165) is 25.1 Å². The molecule has 0 amide bonds. The third kappa shape index (κ3) is 5.78.